The van der Waals surface area contributed by atoms with Gasteiger partial charge in [0.05, 0.1) is 18.1 Å². The van der Waals surface area contributed by atoms with E-state index in [4.69, 9.17) is 8.71 Å². The van der Waals surface area contributed by atoms with Crippen molar-refractivity contribution < 1.29 is 17.1 Å². The fourth-order valence-electron chi connectivity index (χ4n) is 2.33. The summed E-state index contributed by atoms with van der Waals surface area (Å²) >= 11 is 0. The van der Waals surface area contributed by atoms with Crippen molar-refractivity contribution in [3.8, 4) is 0 Å². The summed E-state index contributed by atoms with van der Waals surface area (Å²) in [6, 6.07) is 1.82. The van der Waals surface area contributed by atoms with Gasteiger partial charge in [0.2, 0.25) is 0 Å². The minimum absolute atomic E-state index is 0.204. The molecule has 116 valence electrons. The highest BCUT2D eigenvalue weighted by molar-refractivity contribution is 7.86. The first-order chi connectivity index (χ1) is 9.35. The first-order valence-electron chi connectivity index (χ1n) is 7.16. The molecule has 0 amide bonds. The highest BCUT2D eigenvalue weighted by Gasteiger charge is 2.26. The minimum atomic E-state index is -3.48. The lowest BCUT2D eigenvalue weighted by molar-refractivity contribution is 0.123. The van der Waals surface area contributed by atoms with E-state index in [0.29, 0.717) is 12.2 Å². The second kappa shape index (κ2) is 7.78. The van der Waals surface area contributed by atoms with Crippen LogP contribution in [0.1, 0.15) is 51.0 Å². The lowest BCUT2D eigenvalue weighted by Gasteiger charge is -2.24. The molecule has 0 aliphatic rings. The van der Waals surface area contributed by atoms with E-state index in [1.807, 2.05) is 13.0 Å². The third-order valence-electron chi connectivity index (χ3n) is 3.36. The molecule has 1 heterocycles. The molecular formula is C14H25NO4S. The van der Waals surface area contributed by atoms with Crippen molar-refractivity contribution in [2.24, 2.45) is 5.92 Å². The van der Waals surface area contributed by atoms with E-state index in [9.17, 15) is 8.42 Å². The molecule has 0 saturated carbocycles. The smallest absolute Gasteiger partial charge is 0.264 e. The number of aryl methyl sites for hydroxylation is 1. The maximum Gasteiger partial charge on any atom is 0.264 e. The predicted octanol–water partition coefficient (Wildman–Crippen LogP) is 3.09. The first-order valence-corrected chi connectivity index (χ1v) is 8.97. The number of hydrogen-bond donors (Lipinski definition) is 0. The van der Waals surface area contributed by atoms with E-state index in [2.05, 4.69) is 19.0 Å². The van der Waals surface area contributed by atoms with Crippen molar-refractivity contribution in [3.05, 3.63) is 17.5 Å². The Bertz CT molecular complexity index is 495. The van der Waals surface area contributed by atoms with E-state index in [-0.39, 0.29) is 12.0 Å². The summed E-state index contributed by atoms with van der Waals surface area (Å²) in [6.07, 6.45) is 5.15. The topological polar surface area (TPSA) is 69.4 Å². The highest BCUT2D eigenvalue weighted by Crippen LogP contribution is 2.24. The SMILES string of the molecule is CCCCC(CC)C(Cc1cc(C)no1)OS(C)(=O)=O. The molecule has 0 fully saturated rings. The van der Waals surface area contributed by atoms with Crippen LogP contribution in [-0.4, -0.2) is 25.9 Å². The Morgan fingerprint density at radius 1 is 1.40 bits per heavy atom. The van der Waals surface area contributed by atoms with Crippen molar-refractivity contribution >= 4 is 10.1 Å². The summed E-state index contributed by atoms with van der Waals surface area (Å²) in [5.74, 6) is 0.876. The molecular weight excluding hydrogens is 278 g/mol. The van der Waals surface area contributed by atoms with Gasteiger partial charge in [0, 0.05) is 12.5 Å². The van der Waals surface area contributed by atoms with Gasteiger partial charge in [0.15, 0.2) is 0 Å². The molecule has 0 bridgehead atoms. The Morgan fingerprint density at radius 2 is 2.10 bits per heavy atom. The van der Waals surface area contributed by atoms with E-state index >= 15 is 0 Å². The van der Waals surface area contributed by atoms with Crippen molar-refractivity contribution in [1.82, 2.24) is 5.16 Å². The van der Waals surface area contributed by atoms with Gasteiger partial charge in [-0.25, -0.2) is 0 Å². The average Bonchev–Trinajstić information content (AvgIpc) is 2.73. The van der Waals surface area contributed by atoms with Crippen LogP contribution in [0.25, 0.3) is 0 Å². The number of unbranched alkanes of at least 4 members (excludes halogenated alkanes) is 1. The van der Waals surface area contributed by atoms with Gasteiger partial charge in [-0.15, -0.1) is 0 Å². The summed E-state index contributed by atoms with van der Waals surface area (Å²) in [6.45, 7) is 6.03. The standard InChI is InChI=1S/C14H25NO4S/c1-5-7-8-12(6-2)14(19-20(4,16)17)10-13-9-11(3)15-18-13/h9,12,14H,5-8,10H2,1-4H3. The van der Waals surface area contributed by atoms with Crippen molar-refractivity contribution in [2.75, 3.05) is 6.26 Å². The van der Waals surface area contributed by atoms with Gasteiger partial charge < -0.3 is 4.52 Å². The van der Waals surface area contributed by atoms with Crippen molar-refractivity contribution in [1.29, 1.82) is 0 Å². The Balaban J connectivity index is 2.82. The Hall–Kier alpha value is -0.880. The maximum absolute atomic E-state index is 11.5. The van der Waals surface area contributed by atoms with Gasteiger partial charge in [0.1, 0.15) is 5.76 Å². The molecule has 0 spiro atoms. The lowest BCUT2D eigenvalue weighted by atomic mass is 9.91. The Morgan fingerprint density at radius 3 is 2.55 bits per heavy atom. The van der Waals surface area contributed by atoms with Crippen LogP contribution >= 0.6 is 0 Å². The monoisotopic (exact) mass is 303 g/mol. The normalized spacial score (nSPS) is 15.2. The number of aromatic nitrogens is 1. The molecule has 6 heteroatoms. The number of nitrogens with zero attached hydrogens (tertiary/aromatic N) is 1. The summed E-state index contributed by atoms with van der Waals surface area (Å²) in [5.41, 5.74) is 0.791. The fourth-order valence-corrected chi connectivity index (χ4v) is 3.01. The minimum Gasteiger partial charge on any atom is -0.361 e. The van der Waals surface area contributed by atoms with Crippen molar-refractivity contribution in [3.63, 3.8) is 0 Å². The molecule has 2 atom stereocenters. The zero-order chi connectivity index (χ0) is 15.2. The molecule has 1 rings (SSSR count). The van der Waals surface area contributed by atoms with Crippen LogP contribution in [0.3, 0.4) is 0 Å². The Labute approximate surface area is 121 Å². The van der Waals surface area contributed by atoms with E-state index < -0.39 is 10.1 Å². The average molecular weight is 303 g/mol. The largest absolute Gasteiger partial charge is 0.361 e. The molecule has 0 aliphatic heterocycles. The van der Waals surface area contributed by atoms with Crippen LogP contribution in [0.4, 0.5) is 0 Å². The molecule has 5 nitrogen and oxygen atoms in total. The number of hydrogen-bond acceptors (Lipinski definition) is 5. The van der Waals surface area contributed by atoms with E-state index in [1.165, 1.54) is 0 Å². The van der Waals surface area contributed by atoms with E-state index in [0.717, 1.165) is 37.6 Å². The molecule has 0 aliphatic carbocycles. The molecule has 2 unspecified atom stereocenters. The molecule has 0 aromatic carbocycles. The van der Waals surface area contributed by atoms with Crippen LogP contribution in [0.5, 0.6) is 0 Å². The summed E-state index contributed by atoms with van der Waals surface area (Å²) in [7, 11) is -3.48. The summed E-state index contributed by atoms with van der Waals surface area (Å²) < 4.78 is 33.4. The maximum atomic E-state index is 11.5. The van der Waals surface area contributed by atoms with Gasteiger partial charge in [-0.3, -0.25) is 4.18 Å². The molecule has 1 aromatic rings. The lowest BCUT2D eigenvalue weighted by Crippen LogP contribution is -2.28. The van der Waals surface area contributed by atoms with Crippen LogP contribution in [0, 0.1) is 12.8 Å². The van der Waals surface area contributed by atoms with Crippen molar-refractivity contribution in [2.45, 2.75) is 59.0 Å². The second-order valence-corrected chi connectivity index (χ2v) is 6.89. The molecule has 0 N–H and O–H groups in total. The zero-order valence-electron chi connectivity index (χ0n) is 12.8. The van der Waals surface area contributed by atoms with Gasteiger partial charge >= 0.3 is 0 Å². The third kappa shape index (κ3) is 6.05. The number of rotatable bonds is 9. The van der Waals surface area contributed by atoms with E-state index in [1.54, 1.807) is 0 Å². The first kappa shape index (κ1) is 17.2. The molecule has 0 saturated heterocycles. The fraction of sp³-hybridized carbons (Fsp3) is 0.786. The summed E-state index contributed by atoms with van der Waals surface area (Å²) in [4.78, 5) is 0. The van der Waals surface area contributed by atoms with Crippen LogP contribution in [-0.2, 0) is 20.7 Å². The van der Waals surface area contributed by atoms with Gasteiger partial charge in [0.25, 0.3) is 10.1 Å². The second-order valence-electron chi connectivity index (χ2n) is 5.29. The third-order valence-corrected chi connectivity index (χ3v) is 3.95. The van der Waals surface area contributed by atoms with Gasteiger partial charge in [-0.1, -0.05) is 38.3 Å². The Kier molecular flexibility index (Phi) is 6.68. The summed E-state index contributed by atoms with van der Waals surface area (Å²) in [5, 5.41) is 3.83. The van der Waals surface area contributed by atoms with Gasteiger partial charge in [-0.2, -0.15) is 8.42 Å². The zero-order valence-corrected chi connectivity index (χ0v) is 13.6. The predicted molar refractivity (Wildman–Crippen MR) is 78.0 cm³/mol. The van der Waals surface area contributed by atoms with Gasteiger partial charge in [-0.05, 0) is 19.3 Å². The molecule has 1 aromatic heterocycles. The quantitative estimate of drug-likeness (QED) is 0.656. The molecule has 0 radical (unpaired) electrons. The van der Waals surface area contributed by atoms with Crippen LogP contribution in [0.2, 0.25) is 0 Å². The van der Waals surface area contributed by atoms with Crippen LogP contribution in [0.15, 0.2) is 10.6 Å². The van der Waals surface area contributed by atoms with Crippen LogP contribution < -0.4 is 0 Å². The highest BCUT2D eigenvalue weighted by atomic mass is 32.2. The molecule has 20 heavy (non-hydrogen) atoms.